The molecule has 0 aromatic heterocycles. The molecule has 1 aromatic carbocycles. The van der Waals surface area contributed by atoms with Crippen LogP contribution in [0.2, 0.25) is 0 Å². The predicted octanol–water partition coefficient (Wildman–Crippen LogP) is 1.16. The van der Waals surface area contributed by atoms with Crippen molar-refractivity contribution in [3.8, 4) is 5.75 Å². The Balaban J connectivity index is 0.00000280. The lowest BCUT2D eigenvalue weighted by atomic mass is 10.2. The normalized spacial score (nSPS) is 20.8. The maximum absolute atomic E-state index is 12.2. The van der Waals surface area contributed by atoms with Gasteiger partial charge in [0.05, 0.1) is 17.2 Å². The minimum absolute atomic E-state index is 0. The van der Waals surface area contributed by atoms with Crippen molar-refractivity contribution >= 4 is 51.4 Å². The van der Waals surface area contributed by atoms with Crippen molar-refractivity contribution in [3.63, 3.8) is 0 Å². The molecule has 2 N–H and O–H groups in total. The van der Waals surface area contributed by atoms with Gasteiger partial charge in [-0.05, 0) is 31.9 Å². The molecule has 1 amide bonds. The lowest BCUT2D eigenvalue weighted by Crippen LogP contribution is -2.44. The maximum Gasteiger partial charge on any atom is 0.265 e. The van der Waals surface area contributed by atoms with Gasteiger partial charge in [0, 0.05) is 25.7 Å². The summed E-state index contributed by atoms with van der Waals surface area (Å²) in [6.45, 7) is 3.80. The zero-order valence-electron chi connectivity index (χ0n) is 15.9. The molecule has 3 rings (SSSR count). The van der Waals surface area contributed by atoms with Gasteiger partial charge < -0.3 is 20.3 Å². The number of nitrogens with one attached hydrogen (secondary N) is 2. The van der Waals surface area contributed by atoms with E-state index in [1.54, 1.807) is 4.90 Å². The van der Waals surface area contributed by atoms with Gasteiger partial charge in [-0.15, -0.1) is 24.0 Å². The number of carbonyl (C=O) groups is 1. The van der Waals surface area contributed by atoms with Crippen LogP contribution in [0.3, 0.4) is 0 Å². The summed E-state index contributed by atoms with van der Waals surface area (Å²) < 4.78 is 28.6. The number of anilines is 1. The van der Waals surface area contributed by atoms with Crippen LogP contribution in [0.25, 0.3) is 0 Å². The monoisotopic (exact) mass is 522 g/mol. The molecule has 1 fully saturated rings. The molecule has 2 heterocycles. The van der Waals surface area contributed by atoms with Crippen LogP contribution in [-0.4, -0.2) is 64.1 Å². The van der Waals surface area contributed by atoms with Crippen LogP contribution in [-0.2, 0) is 14.6 Å². The number of hydrogen-bond donors (Lipinski definition) is 2. The standard InChI is InChI=1S/C18H26N4O4S.HI/c1-2-19-18(21-14-8-11-27(24,25)13-14)20-9-5-10-22-15-6-3-4-7-16(15)26-12-17(22)23;/h3-4,6-7,14H,2,5,8-13H2,1H3,(H2,19,20,21);1H. The molecule has 0 aliphatic carbocycles. The Morgan fingerprint density at radius 2 is 2.14 bits per heavy atom. The average Bonchev–Trinajstić information content (AvgIpc) is 2.98. The first kappa shape index (κ1) is 22.7. The lowest BCUT2D eigenvalue weighted by molar-refractivity contribution is -0.121. The van der Waals surface area contributed by atoms with Crippen molar-refractivity contribution in [1.82, 2.24) is 10.6 Å². The summed E-state index contributed by atoms with van der Waals surface area (Å²) in [5.41, 5.74) is 0.791. The number of halogens is 1. The van der Waals surface area contributed by atoms with Gasteiger partial charge >= 0.3 is 0 Å². The number of para-hydroxylation sites is 2. The zero-order chi connectivity index (χ0) is 19.3. The van der Waals surface area contributed by atoms with Crippen molar-refractivity contribution < 1.29 is 17.9 Å². The first-order valence-electron chi connectivity index (χ1n) is 9.26. The molecule has 1 saturated heterocycles. The van der Waals surface area contributed by atoms with Gasteiger partial charge in [-0.3, -0.25) is 9.79 Å². The molecule has 1 atom stereocenters. The molecular weight excluding hydrogens is 495 g/mol. The van der Waals surface area contributed by atoms with Crippen LogP contribution >= 0.6 is 24.0 Å². The fraction of sp³-hybridized carbons (Fsp3) is 0.556. The first-order valence-corrected chi connectivity index (χ1v) is 11.1. The van der Waals surface area contributed by atoms with Crippen LogP contribution in [0.1, 0.15) is 19.8 Å². The Labute approximate surface area is 183 Å². The highest BCUT2D eigenvalue weighted by molar-refractivity contribution is 14.0. The third kappa shape index (κ3) is 5.97. The molecule has 1 unspecified atom stereocenters. The summed E-state index contributed by atoms with van der Waals surface area (Å²) in [7, 11) is -2.93. The van der Waals surface area contributed by atoms with E-state index in [-0.39, 0.29) is 54.0 Å². The second kappa shape index (κ2) is 10.3. The van der Waals surface area contributed by atoms with Crippen LogP contribution < -0.4 is 20.3 Å². The van der Waals surface area contributed by atoms with Crippen LogP contribution in [0.5, 0.6) is 5.75 Å². The number of hydrogen-bond acceptors (Lipinski definition) is 5. The number of benzene rings is 1. The van der Waals surface area contributed by atoms with E-state index in [2.05, 4.69) is 15.6 Å². The van der Waals surface area contributed by atoms with E-state index >= 15 is 0 Å². The molecule has 156 valence electrons. The second-order valence-corrected chi connectivity index (χ2v) is 8.89. The van der Waals surface area contributed by atoms with Crippen LogP contribution in [0.4, 0.5) is 5.69 Å². The van der Waals surface area contributed by atoms with Crippen molar-refractivity contribution in [1.29, 1.82) is 0 Å². The summed E-state index contributed by atoms with van der Waals surface area (Å²) in [6, 6.07) is 7.40. The van der Waals surface area contributed by atoms with Gasteiger partial charge in [0.15, 0.2) is 22.4 Å². The number of amides is 1. The first-order chi connectivity index (χ1) is 13.0. The third-order valence-electron chi connectivity index (χ3n) is 4.54. The number of fused-ring (bicyclic) bond motifs is 1. The van der Waals surface area contributed by atoms with Crippen molar-refractivity contribution in [3.05, 3.63) is 24.3 Å². The molecule has 0 saturated carbocycles. The smallest absolute Gasteiger partial charge is 0.265 e. The highest BCUT2D eigenvalue weighted by Crippen LogP contribution is 2.31. The Hall–Kier alpha value is -1.56. The minimum atomic E-state index is -2.93. The number of nitrogens with zero attached hydrogens (tertiary/aromatic N) is 2. The Morgan fingerprint density at radius 1 is 1.36 bits per heavy atom. The average molecular weight is 522 g/mol. The lowest BCUT2D eigenvalue weighted by Gasteiger charge is -2.29. The quantitative estimate of drug-likeness (QED) is 0.252. The highest BCUT2D eigenvalue weighted by atomic mass is 127. The van der Waals surface area contributed by atoms with Crippen molar-refractivity contribution in [2.45, 2.75) is 25.8 Å². The van der Waals surface area contributed by atoms with Gasteiger partial charge in [0.25, 0.3) is 5.91 Å². The molecule has 1 aromatic rings. The SMILES string of the molecule is CCNC(=NCCCN1C(=O)COc2ccccc21)NC1CCS(=O)(=O)C1.I. The zero-order valence-corrected chi connectivity index (χ0v) is 19.0. The van der Waals surface area contributed by atoms with Crippen LogP contribution in [0, 0.1) is 0 Å². The van der Waals surface area contributed by atoms with E-state index in [0.717, 1.165) is 11.4 Å². The molecule has 2 aliphatic heterocycles. The Kier molecular flexibility index (Phi) is 8.35. The summed E-state index contributed by atoms with van der Waals surface area (Å²) in [4.78, 5) is 18.4. The number of carbonyl (C=O) groups excluding carboxylic acids is 1. The largest absolute Gasteiger partial charge is 0.482 e. The summed E-state index contributed by atoms with van der Waals surface area (Å²) in [6.07, 6.45) is 1.30. The van der Waals surface area contributed by atoms with Gasteiger partial charge in [0.1, 0.15) is 5.75 Å². The van der Waals surface area contributed by atoms with Gasteiger partial charge in [0.2, 0.25) is 0 Å². The summed E-state index contributed by atoms with van der Waals surface area (Å²) in [5.74, 6) is 1.66. The number of aliphatic imine (C=N–C) groups is 1. The van der Waals surface area contributed by atoms with Gasteiger partial charge in [-0.2, -0.15) is 0 Å². The number of rotatable bonds is 6. The summed E-state index contributed by atoms with van der Waals surface area (Å²) >= 11 is 0. The Morgan fingerprint density at radius 3 is 2.86 bits per heavy atom. The molecule has 10 heteroatoms. The molecule has 0 radical (unpaired) electrons. The van der Waals surface area contributed by atoms with Gasteiger partial charge in [-0.25, -0.2) is 8.42 Å². The van der Waals surface area contributed by atoms with Crippen molar-refractivity contribution in [2.75, 3.05) is 42.6 Å². The van der Waals surface area contributed by atoms with E-state index in [9.17, 15) is 13.2 Å². The van der Waals surface area contributed by atoms with Gasteiger partial charge in [-0.1, -0.05) is 12.1 Å². The van der Waals surface area contributed by atoms with E-state index in [1.807, 2.05) is 31.2 Å². The van der Waals surface area contributed by atoms with E-state index in [1.165, 1.54) is 0 Å². The third-order valence-corrected chi connectivity index (χ3v) is 6.30. The fourth-order valence-electron chi connectivity index (χ4n) is 3.24. The highest BCUT2D eigenvalue weighted by Gasteiger charge is 2.28. The molecule has 0 spiro atoms. The van der Waals surface area contributed by atoms with E-state index in [0.29, 0.717) is 38.4 Å². The maximum atomic E-state index is 12.2. The van der Waals surface area contributed by atoms with E-state index < -0.39 is 9.84 Å². The number of ether oxygens (including phenoxy) is 1. The number of sulfone groups is 1. The molecule has 0 bridgehead atoms. The van der Waals surface area contributed by atoms with E-state index in [4.69, 9.17) is 4.74 Å². The van der Waals surface area contributed by atoms with Crippen LogP contribution in [0.15, 0.2) is 29.3 Å². The second-order valence-electron chi connectivity index (χ2n) is 6.66. The molecular formula is C18H27IN4O4S. The fourth-order valence-corrected chi connectivity index (χ4v) is 4.91. The summed E-state index contributed by atoms with van der Waals surface area (Å²) in [5, 5.41) is 6.34. The molecule has 28 heavy (non-hydrogen) atoms. The molecule has 2 aliphatic rings. The minimum Gasteiger partial charge on any atom is -0.482 e. The topological polar surface area (TPSA) is 100 Å². The molecule has 8 nitrogen and oxygen atoms in total. The predicted molar refractivity (Wildman–Crippen MR) is 120 cm³/mol. The number of guanidine groups is 1. The Bertz CT molecular complexity index is 816. The van der Waals surface area contributed by atoms with Crippen molar-refractivity contribution in [2.24, 2.45) is 4.99 Å².